The van der Waals surface area contributed by atoms with Gasteiger partial charge in [0.2, 0.25) is 10.9 Å². The van der Waals surface area contributed by atoms with Gasteiger partial charge in [-0.25, -0.2) is 0 Å². The van der Waals surface area contributed by atoms with Gasteiger partial charge in [-0.1, -0.05) is 47.4 Å². The summed E-state index contributed by atoms with van der Waals surface area (Å²) >= 11 is 3.00. The second-order valence-electron chi connectivity index (χ2n) is 5.75. The zero-order valence-electron chi connectivity index (χ0n) is 13.8. The smallest absolute Gasteiger partial charge is 0.234 e. The lowest BCUT2D eigenvalue weighted by Gasteiger charge is -2.09. The summed E-state index contributed by atoms with van der Waals surface area (Å²) in [5.41, 5.74) is 4.19. The van der Waals surface area contributed by atoms with E-state index in [1.165, 1.54) is 11.8 Å². The van der Waals surface area contributed by atoms with Crippen molar-refractivity contribution < 1.29 is 4.79 Å². The van der Waals surface area contributed by atoms with Crippen LogP contribution in [0.4, 0.5) is 5.69 Å². The van der Waals surface area contributed by atoms with Crippen molar-refractivity contribution in [1.29, 1.82) is 0 Å². The number of rotatable bonds is 4. The number of carbonyl (C=O) groups excluding carboxylic acids is 1. The molecule has 0 radical (unpaired) electrons. The van der Waals surface area contributed by atoms with Gasteiger partial charge in [-0.2, -0.15) is 0 Å². The first-order valence-corrected chi connectivity index (χ1v) is 9.65. The van der Waals surface area contributed by atoms with Crippen molar-refractivity contribution in [3.63, 3.8) is 0 Å². The molecule has 1 amide bonds. The normalized spacial score (nSPS) is 11.3. The highest BCUT2D eigenvalue weighted by molar-refractivity contribution is 7.99. The highest BCUT2D eigenvalue weighted by Crippen LogP contribution is 2.29. The Labute approximate surface area is 153 Å². The number of amides is 1. The molecule has 2 aromatic heterocycles. The first-order chi connectivity index (χ1) is 12.1. The number of anilines is 1. The van der Waals surface area contributed by atoms with Crippen molar-refractivity contribution in [2.75, 3.05) is 11.1 Å². The van der Waals surface area contributed by atoms with Crippen molar-refractivity contribution in [2.24, 2.45) is 0 Å². The number of para-hydroxylation sites is 1. The predicted octanol–water partition coefficient (Wildman–Crippen LogP) is 4.29. The van der Waals surface area contributed by atoms with Crippen LogP contribution in [-0.2, 0) is 4.79 Å². The molecular weight excluding hydrogens is 352 g/mol. The van der Waals surface area contributed by atoms with Crippen LogP contribution in [0.5, 0.6) is 0 Å². The Kier molecular flexibility index (Phi) is 4.19. The number of benzene rings is 2. The van der Waals surface area contributed by atoms with Gasteiger partial charge in [-0.3, -0.25) is 9.20 Å². The van der Waals surface area contributed by atoms with E-state index in [0.29, 0.717) is 5.75 Å². The number of nitrogens with one attached hydrogen (secondary N) is 1. The van der Waals surface area contributed by atoms with E-state index in [1.54, 1.807) is 11.3 Å². The molecule has 0 unspecified atom stereocenters. The molecule has 0 saturated heterocycles. The van der Waals surface area contributed by atoms with Gasteiger partial charge < -0.3 is 5.32 Å². The third-order valence-corrected chi connectivity index (χ3v) is 6.06. The van der Waals surface area contributed by atoms with Crippen LogP contribution in [0.1, 0.15) is 11.1 Å². The molecule has 0 fully saturated rings. The number of nitrogens with zero attached hydrogens (tertiary/aromatic N) is 3. The predicted molar refractivity (Wildman–Crippen MR) is 104 cm³/mol. The molecule has 0 aliphatic carbocycles. The largest absolute Gasteiger partial charge is 0.325 e. The van der Waals surface area contributed by atoms with Crippen LogP contribution in [0, 0.1) is 13.8 Å². The van der Waals surface area contributed by atoms with Crippen LogP contribution in [0.15, 0.2) is 47.6 Å². The van der Waals surface area contributed by atoms with Crippen LogP contribution in [0.2, 0.25) is 0 Å². The monoisotopic (exact) mass is 368 g/mol. The van der Waals surface area contributed by atoms with Gasteiger partial charge in [0.25, 0.3) is 0 Å². The quantitative estimate of drug-likeness (QED) is 0.546. The van der Waals surface area contributed by atoms with Crippen LogP contribution in [-0.4, -0.2) is 26.3 Å². The Morgan fingerprint density at radius 1 is 1.16 bits per heavy atom. The molecule has 4 aromatic rings. The number of thiazole rings is 1. The van der Waals surface area contributed by atoms with Gasteiger partial charge in [0, 0.05) is 5.69 Å². The van der Waals surface area contributed by atoms with E-state index in [1.807, 2.05) is 54.6 Å². The molecule has 126 valence electrons. The molecule has 0 spiro atoms. The minimum absolute atomic E-state index is 0.0463. The lowest BCUT2D eigenvalue weighted by molar-refractivity contribution is -0.113. The van der Waals surface area contributed by atoms with Gasteiger partial charge in [0.05, 0.1) is 16.0 Å². The van der Waals surface area contributed by atoms with Gasteiger partial charge in [-0.15, -0.1) is 10.2 Å². The molecule has 25 heavy (non-hydrogen) atoms. The van der Waals surface area contributed by atoms with Gasteiger partial charge >= 0.3 is 0 Å². The summed E-state index contributed by atoms with van der Waals surface area (Å²) in [4.78, 5) is 13.2. The van der Waals surface area contributed by atoms with Crippen LogP contribution in [0.3, 0.4) is 0 Å². The fourth-order valence-corrected chi connectivity index (χ4v) is 4.42. The Bertz CT molecular complexity index is 1080. The third-order valence-electron chi connectivity index (χ3n) is 4.12. The van der Waals surface area contributed by atoms with Crippen LogP contribution < -0.4 is 5.32 Å². The van der Waals surface area contributed by atoms with Crippen molar-refractivity contribution in [2.45, 2.75) is 19.0 Å². The standard InChI is InChI=1S/C18H16N4OS2/c1-11-6-5-7-13(12(11)2)19-16(23)10-24-17-20-21-18-22(17)14-8-3-4-9-15(14)25-18/h3-9H,10H2,1-2H3,(H,19,23). The maximum absolute atomic E-state index is 12.3. The van der Waals surface area contributed by atoms with E-state index in [2.05, 4.69) is 21.6 Å². The molecule has 2 aromatic carbocycles. The van der Waals surface area contributed by atoms with Gasteiger partial charge in [0.15, 0.2) is 5.16 Å². The molecule has 0 aliphatic rings. The molecule has 0 saturated carbocycles. The maximum atomic E-state index is 12.3. The number of thioether (sulfide) groups is 1. The molecule has 0 bridgehead atoms. The van der Waals surface area contributed by atoms with E-state index in [9.17, 15) is 4.79 Å². The molecule has 7 heteroatoms. The topological polar surface area (TPSA) is 59.3 Å². The Morgan fingerprint density at radius 3 is 2.88 bits per heavy atom. The second kappa shape index (κ2) is 6.50. The summed E-state index contributed by atoms with van der Waals surface area (Å²) in [7, 11) is 0. The van der Waals surface area contributed by atoms with E-state index >= 15 is 0 Å². The van der Waals surface area contributed by atoms with E-state index in [0.717, 1.165) is 37.1 Å². The summed E-state index contributed by atoms with van der Waals surface area (Å²) < 4.78 is 3.17. The number of aryl methyl sites for hydroxylation is 1. The number of carbonyl (C=O) groups is 1. The van der Waals surface area contributed by atoms with Gasteiger partial charge in [0.1, 0.15) is 0 Å². The summed E-state index contributed by atoms with van der Waals surface area (Å²) in [6.45, 7) is 4.05. The van der Waals surface area contributed by atoms with E-state index < -0.39 is 0 Å². The number of hydrogen-bond donors (Lipinski definition) is 1. The van der Waals surface area contributed by atoms with Crippen molar-refractivity contribution in [3.8, 4) is 0 Å². The SMILES string of the molecule is Cc1cccc(NC(=O)CSc2nnc3sc4ccccc4n23)c1C. The fourth-order valence-electron chi connectivity index (χ4n) is 2.65. The van der Waals surface area contributed by atoms with E-state index in [4.69, 9.17) is 0 Å². The van der Waals surface area contributed by atoms with Crippen LogP contribution in [0.25, 0.3) is 15.2 Å². The Balaban J connectivity index is 1.52. The molecule has 5 nitrogen and oxygen atoms in total. The molecule has 0 atom stereocenters. The van der Waals surface area contributed by atoms with Crippen LogP contribution >= 0.6 is 23.1 Å². The van der Waals surface area contributed by atoms with E-state index in [-0.39, 0.29) is 5.91 Å². The third kappa shape index (κ3) is 3.01. The summed E-state index contributed by atoms with van der Waals surface area (Å²) in [5.74, 6) is 0.244. The highest BCUT2D eigenvalue weighted by Gasteiger charge is 2.14. The number of fused-ring (bicyclic) bond motifs is 3. The first-order valence-electron chi connectivity index (χ1n) is 7.85. The van der Waals surface area contributed by atoms with Crippen molar-refractivity contribution >= 4 is 49.9 Å². The first kappa shape index (κ1) is 16.1. The molecular formula is C18H16N4OS2. The molecule has 1 N–H and O–H groups in total. The average Bonchev–Trinajstić information content (AvgIpc) is 3.16. The minimum Gasteiger partial charge on any atom is -0.325 e. The Hall–Kier alpha value is -2.38. The zero-order chi connectivity index (χ0) is 17.4. The lowest BCUT2D eigenvalue weighted by atomic mass is 10.1. The summed E-state index contributed by atoms with van der Waals surface area (Å²) in [6, 6.07) is 14.0. The lowest BCUT2D eigenvalue weighted by Crippen LogP contribution is -2.15. The Morgan fingerprint density at radius 2 is 2.00 bits per heavy atom. The average molecular weight is 368 g/mol. The number of aromatic nitrogens is 3. The summed E-state index contributed by atoms with van der Waals surface area (Å²) in [6.07, 6.45) is 0. The zero-order valence-corrected chi connectivity index (χ0v) is 15.4. The molecule has 4 rings (SSSR count). The fraction of sp³-hybridized carbons (Fsp3) is 0.167. The second-order valence-corrected chi connectivity index (χ2v) is 7.71. The summed E-state index contributed by atoms with van der Waals surface area (Å²) in [5, 5.41) is 12.2. The molecule has 2 heterocycles. The van der Waals surface area contributed by atoms with Gasteiger partial charge in [-0.05, 0) is 43.2 Å². The van der Waals surface area contributed by atoms with Crippen molar-refractivity contribution in [3.05, 3.63) is 53.6 Å². The molecule has 0 aliphatic heterocycles. The van der Waals surface area contributed by atoms with Crippen molar-refractivity contribution in [1.82, 2.24) is 14.6 Å². The highest BCUT2D eigenvalue weighted by atomic mass is 32.2. The number of hydrogen-bond acceptors (Lipinski definition) is 5. The minimum atomic E-state index is -0.0463. The maximum Gasteiger partial charge on any atom is 0.234 e.